The summed E-state index contributed by atoms with van der Waals surface area (Å²) in [5, 5.41) is 15.3. The van der Waals surface area contributed by atoms with E-state index in [1.807, 2.05) is 6.92 Å². The lowest BCUT2D eigenvalue weighted by Gasteiger charge is -2.13. The van der Waals surface area contributed by atoms with Gasteiger partial charge in [0.05, 0.1) is 22.5 Å². The lowest BCUT2D eigenvalue weighted by atomic mass is 10.1. The van der Waals surface area contributed by atoms with Crippen molar-refractivity contribution in [3.05, 3.63) is 76.7 Å². The SMILES string of the molecule is Cc1noc(C)c1COc1ccccc1C(=O)Nc1cc(-c2nnc3n2CCCCC3)ccc1F. The second kappa shape index (κ2) is 9.69. The van der Waals surface area contributed by atoms with E-state index in [9.17, 15) is 9.18 Å². The van der Waals surface area contributed by atoms with Crippen LogP contribution in [0.5, 0.6) is 5.75 Å². The van der Waals surface area contributed by atoms with Gasteiger partial charge in [0.15, 0.2) is 5.82 Å². The van der Waals surface area contributed by atoms with E-state index < -0.39 is 11.7 Å². The van der Waals surface area contributed by atoms with Crippen LogP contribution in [0.25, 0.3) is 11.4 Å². The first-order valence-electron chi connectivity index (χ1n) is 11.7. The van der Waals surface area contributed by atoms with E-state index in [4.69, 9.17) is 9.26 Å². The Bertz CT molecular complexity index is 1360. The average Bonchev–Trinajstić information content (AvgIpc) is 3.31. The van der Waals surface area contributed by atoms with Crippen molar-refractivity contribution in [2.75, 3.05) is 5.32 Å². The summed E-state index contributed by atoms with van der Waals surface area (Å²) in [7, 11) is 0. The highest BCUT2D eigenvalue weighted by atomic mass is 19.1. The Kier molecular flexibility index (Phi) is 6.31. The molecule has 180 valence electrons. The summed E-state index contributed by atoms with van der Waals surface area (Å²) < 4.78 is 27.9. The minimum Gasteiger partial charge on any atom is -0.488 e. The zero-order valence-electron chi connectivity index (χ0n) is 19.7. The van der Waals surface area contributed by atoms with E-state index in [-0.39, 0.29) is 12.3 Å². The number of ether oxygens (including phenoxy) is 1. The number of fused-ring (bicyclic) bond motifs is 1. The number of hydrogen-bond donors (Lipinski definition) is 1. The van der Waals surface area contributed by atoms with Crippen molar-refractivity contribution < 1.29 is 18.4 Å². The fourth-order valence-electron chi connectivity index (χ4n) is 4.29. The first kappa shape index (κ1) is 22.8. The van der Waals surface area contributed by atoms with Gasteiger partial charge in [0, 0.05) is 18.5 Å². The molecule has 8 nitrogen and oxygen atoms in total. The van der Waals surface area contributed by atoms with Crippen LogP contribution in [0.15, 0.2) is 47.0 Å². The molecule has 0 saturated heterocycles. The number of amides is 1. The molecule has 0 fully saturated rings. The summed E-state index contributed by atoms with van der Waals surface area (Å²) in [5.74, 6) is 1.65. The molecule has 0 radical (unpaired) electrons. The highest BCUT2D eigenvalue weighted by molar-refractivity contribution is 6.06. The summed E-state index contributed by atoms with van der Waals surface area (Å²) in [6.07, 6.45) is 4.15. The Balaban J connectivity index is 1.38. The summed E-state index contributed by atoms with van der Waals surface area (Å²) in [5.41, 5.74) is 2.62. The van der Waals surface area contributed by atoms with Gasteiger partial charge < -0.3 is 19.1 Å². The molecule has 2 aromatic carbocycles. The minimum atomic E-state index is -0.535. The van der Waals surface area contributed by atoms with Crippen LogP contribution in [0.4, 0.5) is 10.1 Å². The monoisotopic (exact) mass is 475 g/mol. The van der Waals surface area contributed by atoms with Gasteiger partial charge in [-0.05, 0) is 57.0 Å². The first-order valence-corrected chi connectivity index (χ1v) is 11.7. The summed E-state index contributed by atoms with van der Waals surface area (Å²) in [4.78, 5) is 13.1. The number of anilines is 1. The molecule has 1 aliphatic heterocycles. The van der Waals surface area contributed by atoms with Crippen molar-refractivity contribution in [3.8, 4) is 17.1 Å². The van der Waals surface area contributed by atoms with E-state index in [0.29, 0.717) is 28.5 Å². The number of nitrogens with zero attached hydrogens (tertiary/aromatic N) is 4. The summed E-state index contributed by atoms with van der Waals surface area (Å²) in [6, 6.07) is 11.4. The Morgan fingerprint density at radius 1 is 1.14 bits per heavy atom. The van der Waals surface area contributed by atoms with E-state index in [1.165, 1.54) is 6.07 Å². The van der Waals surface area contributed by atoms with E-state index in [2.05, 4.69) is 25.2 Å². The highest BCUT2D eigenvalue weighted by Gasteiger charge is 2.19. The van der Waals surface area contributed by atoms with Gasteiger partial charge in [-0.3, -0.25) is 4.79 Å². The number of para-hydroxylation sites is 1. The van der Waals surface area contributed by atoms with Gasteiger partial charge in [0.25, 0.3) is 5.91 Å². The molecule has 1 amide bonds. The molecule has 0 atom stereocenters. The van der Waals surface area contributed by atoms with Crippen molar-refractivity contribution in [2.24, 2.45) is 0 Å². The highest BCUT2D eigenvalue weighted by Crippen LogP contribution is 2.28. The third kappa shape index (κ3) is 4.66. The minimum absolute atomic E-state index is 0.0685. The van der Waals surface area contributed by atoms with Crippen LogP contribution in [0.1, 0.15) is 52.5 Å². The zero-order valence-corrected chi connectivity index (χ0v) is 19.7. The number of rotatable bonds is 6. The lowest BCUT2D eigenvalue weighted by Crippen LogP contribution is -2.15. The predicted octanol–water partition coefficient (Wildman–Crippen LogP) is 5.25. The van der Waals surface area contributed by atoms with E-state index >= 15 is 0 Å². The molecule has 0 spiro atoms. The maximum atomic E-state index is 14.7. The van der Waals surface area contributed by atoms with Gasteiger partial charge in [-0.25, -0.2) is 4.39 Å². The maximum Gasteiger partial charge on any atom is 0.259 e. The molecule has 0 aliphatic carbocycles. The Labute approximate surface area is 202 Å². The molecule has 9 heteroatoms. The largest absolute Gasteiger partial charge is 0.488 e. The quantitative estimate of drug-likeness (QED) is 0.409. The topological polar surface area (TPSA) is 95.1 Å². The second-order valence-corrected chi connectivity index (χ2v) is 8.64. The third-order valence-corrected chi connectivity index (χ3v) is 6.27. The number of carbonyl (C=O) groups excluding carboxylic acids is 1. The molecule has 4 aromatic rings. The molecule has 1 aliphatic rings. The first-order chi connectivity index (χ1) is 17.0. The number of aromatic nitrogens is 4. The smallest absolute Gasteiger partial charge is 0.259 e. The van der Waals surface area contributed by atoms with Gasteiger partial charge in [-0.2, -0.15) is 0 Å². The fraction of sp³-hybridized carbons (Fsp3) is 0.308. The molecule has 0 bridgehead atoms. The number of hydrogen-bond acceptors (Lipinski definition) is 6. The third-order valence-electron chi connectivity index (χ3n) is 6.27. The van der Waals surface area contributed by atoms with Gasteiger partial charge >= 0.3 is 0 Å². The van der Waals surface area contributed by atoms with Crippen molar-refractivity contribution in [2.45, 2.75) is 52.7 Å². The van der Waals surface area contributed by atoms with Crippen molar-refractivity contribution in [1.29, 1.82) is 0 Å². The van der Waals surface area contributed by atoms with E-state index in [1.54, 1.807) is 43.3 Å². The van der Waals surface area contributed by atoms with E-state index in [0.717, 1.165) is 49.3 Å². The molecular weight excluding hydrogens is 449 g/mol. The van der Waals surface area contributed by atoms with Crippen LogP contribution < -0.4 is 10.1 Å². The molecule has 0 unspecified atom stereocenters. The number of aryl methyl sites for hydroxylation is 3. The molecule has 0 saturated carbocycles. The number of halogens is 1. The average molecular weight is 476 g/mol. The van der Waals surface area contributed by atoms with Crippen LogP contribution in [-0.2, 0) is 19.6 Å². The Morgan fingerprint density at radius 2 is 2.00 bits per heavy atom. The molecule has 2 aromatic heterocycles. The zero-order chi connectivity index (χ0) is 24.4. The predicted molar refractivity (Wildman–Crippen MR) is 128 cm³/mol. The normalized spacial score (nSPS) is 13.2. The van der Waals surface area contributed by atoms with Gasteiger partial charge in [-0.15, -0.1) is 10.2 Å². The van der Waals surface area contributed by atoms with Crippen LogP contribution in [0, 0.1) is 19.7 Å². The summed E-state index contributed by atoms with van der Waals surface area (Å²) in [6.45, 7) is 4.67. The molecular formula is C26H26FN5O3. The van der Waals surface area contributed by atoms with Gasteiger partial charge in [0.1, 0.15) is 29.8 Å². The Hall–Kier alpha value is -4.01. The molecule has 5 rings (SSSR count). The maximum absolute atomic E-state index is 14.7. The van der Waals surface area contributed by atoms with Crippen LogP contribution in [-0.4, -0.2) is 25.8 Å². The van der Waals surface area contributed by atoms with Crippen molar-refractivity contribution in [3.63, 3.8) is 0 Å². The second-order valence-electron chi connectivity index (χ2n) is 8.64. The number of carbonyl (C=O) groups is 1. The van der Waals surface area contributed by atoms with Crippen LogP contribution in [0.2, 0.25) is 0 Å². The van der Waals surface area contributed by atoms with Crippen molar-refractivity contribution >= 4 is 11.6 Å². The summed E-state index contributed by atoms with van der Waals surface area (Å²) >= 11 is 0. The van der Waals surface area contributed by atoms with Gasteiger partial charge in [-0.1, -0.05) is 23.7 Å². The number of benzene rings is 2. The Morgan fingerprint density at radius 3 is 2.83 bits per heavy atom. The van der Waals surface area contributed by atoms with Crippen molar-refractivity contribution in [1.82, 2.24) is 19.9 Å². The lowest BCUT2D eigenvalue weighted by molar-refractivity contribution is 0.102. The molecule has 35 heavy (non-hydrogen) atoms. The number of nitrogens with one attached hydrogen (secondary N) is 1. The van der Waals surface area contributed by atoms with Gasteiger partial charge in [0.2, 0.25) is 0 Å². The fourth-order valence-corrected chi connectivity index (χ4v) is 4.29. The van der Waals surface area contributed by atoms with Crippen LogP contribution in [0.3, 0.4) is 0 Å². The molecule has 3 heterocycles. The standard InChI is InChI=1S/C26H26FN5O3/c1-16-20(17(2)35-31-16)15-34-23-9-6-5-8-19(23)26(33)28-22-14-18(11-12-21(22)27)25-30-29-24-10-4-3-7-13-32(24)25/h5-6,8-9,11-12,14H,3-4,7,10,13,15H2,1-2H3,(H,28,33). The molecule has 1 N–H and O–H groups in total. The van der Waals surface area contributed by atoms with Crippen LogP contribution >= 0.6 is 0 Å².